The van der Waals surface area contributed by atoms with Gasteiger partial charge >= 0.3 is 17.9 Å². The molecule has 200 valence electrons. The third-order valence-corrected chi connectivity index (χ3v) is 5.84. The van der Waals surface area contributed by atoms with E-state index in [9.17, 15) is 19.5 Å². The monoisotopic (exact) mass is 530 g/mol. The highest BCUT2D eigenvalue weighted by molar-refractivity contribution is 5.90. The predicted molar refractivity (Wildman–Crippen MR) is 137 cm³/mol. The minimum absolute atomic E-state index is 0.206. The molecular formula is C30H26O9. The van der Waals surface area contributed by atoms with Gasteiger partial charge in [-0.2, -0.15) is 0 Å². The number of benzene rings is 3. The summed E-state index contributed by atoms with van der Waals surface area (Å²) in [6.07, 6.45) is -1.64. The Bertz CT molecular complexity index is 1290. The van der Waals surface area contributed by atoms with Crippen molar-refractivity contribution in [3.63, 3.8) is 0 Å². The molecule has 5 atom stereocenters. The summed E-state index contributed by atoms with van der Waals surface area (Å²) in [5, 5.41) is 11.2. The van der Waals surface area contributed by atoms with Gasteiger partial charge < -0.3 is 28.8 Å². The van der Waals surface area contributed by atoms with E-state index >= 15 is 0 Å². The summed E-state index contributed by atoms with van der Waals surface area (Å²) in [6.45, 7) is -0.653. The first kappa shape index (κ1) is 27.5. The van der Waals surface area contributed by atoms with E-state index in [1.165, 1.54) is 24.3 Å². The molecule has 0 saturated carbocycles. The number of carbonyl (C=O) groups is 3. The summed E-state index contributed by atoms with van der Waals surface area (Å²) < 4.78 is 28.1. The molecule has 9 nitrogen and oxygen atoms in total. The number of aliphatic hydroxyl groups is 1. The zero-order chi connectivity index (χ0) is 27.6. The Morgan fingerprint density at radius 3 is 1.69 bits per heavy atom. The number of rotatable bonds is 9. The lowest BCUT2D eigenvalue weighted by atomic mass is 9.98. The van der Waals surface area contributed by atoms with Gasteiger partial charge in [0.05, 0.1) is 16.7 Å². The zero-order valence-corrected chi connectivity index (χ0v) is 20.8. The van der Waals surface area contributed by atoms with E-state index in [1.54, 1.807) is 66.7 Å². The fraction of sp³-hybridized carbons (Fsp3) is 0.233. The fourth-order valence-corrected chi connectivity index (χ4v) is 3.90. The highest BCUT2D eigenvalue weighted by Gasteiger charge is 2.51. The Hall–Kier alpha value is -4.49. The molecule has 0 bridgehead atoms. The van der Waals surface area contributed by atoms with E-state index in [1.807, 2.05) is 0 Å². The van der Waals surface area contributed by atoms with Crippen LogP contribution in [0.4, 0.5) is 0 Å². The number of hydrogen-bond donors (Lipinski definition) is 1. The van der Waals surface area contributed by atoms with Gasteiger partial charge in [0.1, 0.15) is 25.4 Å². The molecule has 3 unspecified atom stereocenters. The lowest BCUT2D eigenvalue weighted by Gasteiger charge is -2.42. The molecule has 1 aliphatic rings. The molecule has 0 aromatic heterocycles. The van der Waals surface area contributed by atoms with Crippen molar-refractivity contribution in [1.29, 1.82) is 0 Å². The van der Waals surface area contributed by atoms with Crippen molar-refractivity contribution in [3.8, 4) is 12.3 Å². The standard InChI is InChI=1S/C30H26O9/c1-2-18-35-30-26(39-29(34)22-16-10-5-11-17-22)25(38-28(33)21-14-8-4-9-15-21)24(31)23(37-30)19-36-27(32)20-12-6-3-7-13-20/h1,3-17,23-26,30-31H,18-19H2/t23?,24-,25?,26?,30+/m0/s1. The van der Waals surface area contributed by atoms with Crippen LogP contribution < -0.4 is 0 Å². The van der Waals surface area contributed by atoms with Crippen molar-refractivity contribution in [2.45, 2.75) is 30.7 Å². The largest absolute Gasteiger partial charge is 0.459 e. The summed E-state index contributed by atoms with van der Waals surface area (Å²) in [7, 11) is 0. The van der Waals surface area contributed by atoms with Crippen LogP contribution in [0.1, 0.15) is 31.1 Å². The Morgan fingerprint density at radius 1 is 0.744 bits per heavy atom. The molecule has 1 fully saturated rings. The first-order chi connectivity index (χ1) is 19.0. The van der Waals surface area contributed by atoms with Gasteiger partial charge in [-0.3, -0.25) is 0 Å². The Labute approximate surface area is 225 Å². The maximum absolute atomic E-state index is 13.0. The average molecular weight is 531 g/mol. The highest BCUT2D eigenvalue weighted by Crippen LogP contribution is 2.29. The second-order valence-corrected chi connectivity index (χ2v) is 8.49. The van der Waals surface area contributed by atoms with Crippen molar-refractivity contribution in [3.05, 3.63) is 108 Å². The van der Waals surface area contributed by atoms with Crippen LogP contribution in [0.25, 0.3) is 0 Å². The first-order valence-corrected chi connectivity index (χ1v) is 12.1. The molecule has 1 N–H and O–H groups in total. The summed E-state index contributed by atoms with van der Waals surface area (Å²) in [6, 6.07) is 24.4. The van der Waals surface area contributed by atoms with Gasteiger partial charge in [-0.15, -0.1) is 6.42 Å². The molecule has 1 heterocycles. The van der Waals surface area contributed by atoms with Crippen molar-refractivity contribution >= 4 is 17.9 Å². The van der Waals surface area contributed by atoms with Crippen LogP contribution >= 0.6 is 0 Å². The second kappa shape index (κ2) is 13.3. The normalized spacial score (nSPS) is 22.2. The first-order valence-electron chi connectivity index (χ1n) is 12.1. The second-order valence-electron chi connectivity index (χ2n) is 8.49. The number of esters is 3. The number of aliphatic hydroxyl groups excluding tert-OH is 1. The maximum atomic E-state index is 13.0. The minimum atomic E-state index is -1.57. The number of hydrogen-bond acceptors (Lipinski definition) is 9. The van der Waals surface area contributed by atoms with E-state index in [0.29, 0.717) is 5.56 Å². The maximum Gasteiger partial charge on any atom is 0.338 e. The number of terminal acetylenes is 1. The number of ether oxygens (including phenoxy) is 5. The van der Waals surface area contributed by atoms with Gasteiger partial charge in [0.2, 0.25) is 0 Å². The lowest BCUT2D eigenvalue weighted by molar-refractivity contribution is -0.296. The Balaban J connectivity index is 1.59. The summed E-state index contributed by atoms with van der Waals surface area (Å²) in [5.74, 6) is 0.108. The van der Waals surface area contributed by atoms with Gasteiger partial charge in [-0.25, -0.2) is 14.4 Å². The van der Waals surface area contributed by atoms with Gasteiger partial charge in [-0.1, -0.05) is 60.5 Å². The molecule has 1 saturated heterocycles. The van der Waals surface area contributed by atoms with Crippen molar-refractivity contribution in [2.24, 2.45) is 0 Å². The van der Waals surface area contributed by atoms with Gasteiger partial charge in [0, 0.05) is 0 Å². The van der Waals surface area contributed by atoms with Gasteiger partial charge in [0.15, 0.2) is 18.5 Å². The smallest absolute Gasteiger partial charge is 0.338 e. The third kappa shape index (κ3) is 7.09. The average Bonchev–Trinajstić information content (AvgIpc) is 2.99. The highest BCUT2D eigenvalue weighted by atomic mass is 16.7. The summed E-state index contributed by atoms with van der Waals surface area (Å²) in [4.78, 5) is 38.4. The molecular weight excluding hydrogens is 504 g/mol. The molecule has 0 radical (unpaired) electrons. The van der Waals surface area contributed by atoms with Crippen LogP contribution in [0.15, 0.2) is 91.0 Å². The van der Waals surface area contributed by atoms with Crippen LogP contribution in [0, 0.1) is 12.3 Å². The van der Waals surface area contributed by atoms with E-state index < -0.39 is 55.2 Å². The van der Waals surface area contributed by atoms with Crippen LogP contribution in [0.2, 0.25) is 0 Å². The van der Waals surface area contributed by atoms with E-state index in [4.69, 9.17) is 30.1 Å². The van der Waals surface area contributed by atoms with Crippen molar-refractivity contribution < 1.29 is 43.2 Å². The van der Waals surface area contributed by atoms with Crippen LogP contribution in [-0.4, -0.2) is 66.9 Å². The minimum Gasteiger partial charge on any atom is -0.459 e. The molecule has 0 aliphatic carbocycles. The summed E-state index contributed by atoms with van der Waals surface area (Å²) in [5.41, 5.74) is 0.719. The van der Waals surface area contributed by atoms with Crippen molar-refractivity contribution in [1.82, 2.24) is 0 Å². The quantitative estimate of drug-likeness (QED) is 0.253. The SMILES string of the molecule is C#CCO[C@@H]1OC(COC(=O)c2ccccc2)[C@H](O)C(OC(=O)c2ccccc2)C1OC(=O)c1ccccc1. The molecule has 1 aliphatic heterocycles. The number of carbonyl (C=O) groups excluding carboxylic acids is 3. The molecule has 9 heteroatoms. The van der Waals surface area contributed by atoms with Crippen LogP contribution in [0.5, 0.6) is 0 Å². The molecule has 0 spiro atoms. The Morgan fingerprint density at radius 2 is 1.21 bits per heavy atom. The summed E-state index contributed by atoms with van der Waals surface area (Å²) >= 11 is 0. The lowest BCUT2D eigenvalue weighted by Crippen LogP contribution is -2.62. The molecule has 39 heavy (non-hydrogen) atoms. The van der Waals surface area contributed by atoms with Gasteiger partial charge in [0.25, 0.3) is 0 Å². The van der Waals surface area contributed by atoms with Crippen LogP contribution in [0.3, 0.4) is 0 Å². The Kier molecular flexibility index (Phi) is 9.43. The fourth-order valence-electron chi connectivity index (χ4n) is 3.90. The van der Waals surface area contributed by atoms with E-state index in [-0.39, 0.29) is 17.7 Å². The molecule has 0 amide bonds. The van der Waals surface area contributed by atoms with E-state index in [0.717, 1.165) is 0 Å². The topological polar surface area (TPSA) is 118 Å². The third-order valence-electron chi connectivity index (χ3n) is 5.84. The molecule has 3 aromatic carbocycles. The van der Waals surface area contributed by atoms with Gasteiger partial charge in [-0.05, 0) is 36.4 Å². The molecule has 4 rings (SSSR count). The zero-order valence-electron chi connectivity index (χ0n) is 20.8. The molecule has 3 aromatic rings. The predicted octanol–water partition coefficient (Wildman–Crippen LogP) is 3.03. The van der Waals surface area contributed by atoms with E-state index in [2.05, 4.69) is 5.92 Å². The van der Waals surface area contributed by atoms with Crippen molar-refractivity contribution in [2.75, 3.05) is 13.2 Å². The van der Waals surface area contributed by atoms with Crippen LogP contribution in [-0.2, 0) is 23.7 Å².